The third-order valence-corrected chi connectivity index (χ3v) is 2.67. The van der Waals surface area contributed by atoms with Crippen LogP contribution in [0.15, 0.2) is 18.2 Å². The Balaban J connectivity index is 2.51. The van der Waals surface area contributed by atoms with Crippen LogP contribution >= 0.6 is 0 Å². The van der Waals surface area contributed by atoms with Gasteiger partial charge in [-0.15, -0.1) is 0 Å². The monoisotopic (exact) mass is 204 g/mol. The van der Waals surface area contributed by atoms with E-state index in [2.05, 4.69) is 26.8 Å². The van der Waals surface area contributed by atoms with Crippen molar-refractivity contribution in [2.45, 2.75) is 32.6 Å². The molecule has 0 aromatic heterocycles. The molecule has 80 valence electrons. The van der Waals surface area contributed by atoms with Gasteiger partial charge in [-0.2, -0.15) is 0 Å². The zero-order chi connectivity index (χ0) is 11.1. The summed E-state index contributed by atoms with van der Waals surface area (Å²) in [6, 6.07) is 6.05. The Hall–Kier alpha value is -1.31. The first-order valence-corrected chi connectivity index (χ1v) is 5.25. The summed E-state index contributed by atoms with van der Waals surface area (Å²) >= 11 is 0. The summed E-state index contributed by atoms with van der Waals surface area (Å²) in [6.07, 6.45) is 0.513. The second-order valence-electron chi connectivity index (χ2n) is 5.05. The Bertz CT molecular complexity index is 399. The van der Waals surface area contributed by atoms with Crippen molar-refractivity contribution in [1.29, 1.82) is 0 Å². The number of carbonyl (C=O) groups excluding carboxylic acids is 1. The molecule has 1 aromatic rings. The van der Waals surface area contributed by atoms with Gasteiger partial charge in [-0.25, -0.2) is 0 Å². The van der Waals surface area contributed by atoms with Crippen molar-refractivity contribution < 1.29 is 9.53 Å². The molecule has 0 unspecified atom stereocenters. The third kappa shape index (κ3) is 1.89. The van der Waals surface area contributed by atoms with Crippen molar-refractivity contribution >= 4 is 5.78 Å². The van der Waals surface area contributed by atoms with Crippen LogP contribution in [-0.2, 0) is 16.6 Å². The number of Topliss-reactive ketones (excluding diaryl/α,β-unsaturated/α-hetero) is 1. The number of ether oxygens (including phenoxy) is 1. The molecule has 0 fully saturated rings. The number of ketones is 1. The highest BCUT2D eigenvalue weighted by atomic mass is 16.5. The number of rotatable bonds is 0. The number of benzene rings is 1. The first-order chi connectivity index (χ1) is 6.98. The van der Waals surface area contributed by atoms with Crippen LogP contribution in [0, 0.1) is 0 Å². The first-order valence-electron chi connectivity index (χ1n) is 5.25. The lowest BCUT2D eigenvalue weighted by molar-refractivity contribution is -0.121. The summed E-state index contributed by atoms with van der Waals surface area (Å²) < 4.78 is 5.54. The van der Waals surface area contributed by atoms with Gasteiger partial charge >= 0.3 is 0 Å². The summed E-state index contributed by atoms with van der Waals surface area (Å²) in [4.78, 5) is 11.3. The molecule has 0 atom stereocenters. The number of carbonyl (C=O) groups is 1. The van der Waals surface area contributed by atoms with Crippen molar-refractivity contribution in [2.75, 3.05) is 6.61 Å². The molecule has 0 saturated carbocycles. The van der Waals surface area contributed by atoms with E-state index in [0.717, 1.165) is 11.3 Å². The Morgan fingerprint density at radius 1 is 1.27 bits per heavy atom. The average molecular weight is 204 g/mol. The SMILES string of the molecule is CC(C)(C)c1cccc2c1OCC(=O)C2. The highest BCUT2D eigenvalue weighted by molar-refractivity contribution is 5.84. The van der Waals surface area contributed by atoms with E-state index in [0.29, 0.717) is 6.42 Å². The highest BCUT2D eigenvalue weighted by Gasteiger charge is 2.25. The Kier molecular flexibility index (Phi) is 2.29. The molecule has 0 bridgehead atoms. The lowest BCUT2D eigenvalue weighted by atomic mass is 9.84. The van der Waals surface area contributed by atoms with Crippen molar-refractivity contribution in [3.63, 3.8) is 0 Å². The largest absolute Gasteiger partial charge is 0.485 e. The lowest BCUT2D eigenvalue weighted by Gasteiger charge is -2.26. The van der Waals surface area contributed by atoms with Gasteiger partial charge in [0.05, 0.1) is 0 Å². The van der Waals surface area contributed by atoms with E-state index in [1.807, 2.05) is 12.1 Å². The highest BCUT2D eigenvalue weighted by Crippen LogP contribution is 2.35. The molecule has 2 heteroatoms. The standard InChI is InChI=1S/C13H16O2/c1-13(2,3)11-6-4-5-9-7-10(14)8-15-12(9)11/h4-6H,7-8H2,1-3H3. The minimum Gasteiger partial charge on any atom is -0.485 e. The van der Waals surface area contributed by atoms with Crippen LogP contribution in [0.1, 0.15) is 31.9 Å². The van der Waals surface area contributed by atoms with Crippen molar-refractivity contribution in [3.05, 3.63) is 29.3 Å². The molecule has 2 rings (SSSR count). The quantitative estimate of drug-likeness (QED) is 0.649. The summed E-state index contributed by atoms with van der Waals surface area (Å²) in [5, 5.41) is 0. The molecule has 0 spiro atoms. The Morgan fingerprint density at radius 3 is 2.67 bits per heavy atom. The molecule has 1 aromatic carbocycles. The van der Waals surface area contributed by atoms with Gasteiger partial charge in [0.1, 0.15) is 12.4 Å². The molecular formula is C13H16O2. The molecule has 15 heavy (non-hydrogen) atoms. The lowest BCUT2D eigenvalue weighted by Crippen LogP contribution is -2.24. The summed E-state index contributed by atoms with van der Waals surface area (Å²) in [7, 11) is 0. The second kappa shape index (κ2) is 3.37. The second-order valence-corrected chi connectivity index (χ2v) is 5.05. The topological polar surface area (TPSA) is 26.3 Å². The van der Waals surface area contributed by atoms with E-state index in [9.17, 15) is 4.79 Å². The third-order valence-electron chi connectivity index (χ3n) is 2.67. The fourth-order valence-corrected chi connectivity index (χ4v) is 1.90. The van der Waals surface area contributed by atoms with Crippen LogP contribution in [0.2, 0.25) is 0 Å². The predicted octanol–water partition coefficient (Wildman–Crippen LogP) is 2.49. The van der Waals surface area contributed by atoms with E-state index in [4.69, 9.17) is 4.74 Å². The van der Waals surface area contributed by atoms with Gasteiger partial charge in [0.2, 0.25) is 0 Å². The smallest absolute Gasteiger partial charge is 0.174 e. The van der Waals surface area contributed by atoms with E-state index >= 15 is 0 Å². The molecule has 1 aliphatic heterocycles. The van der Waals surface area contributed by atoms with Crippen molar-refractivity contribution in [3.8, 4) is 5.75 Å². The van der Waals surface area contributed by atoms with Gasteiger partial charge in [-0.05, 0) is 11.0 Å². The molecule has 0 aliphatic carbocycles. The van der Waals surface area contributed by atoms with Gasteiger partial charge in [-0.1, -0.05) is 39.0 Å². The number of hydrogen-bond acceptors (Lipinski definition) is 2. The molecular weight excluding hydrogens is 188 g/mol. The maximum atomic E-state index is 11.3. The molecule has 0 saturated heterocycles. The maximum absolute atomic E-state index is 11.3. The van der Waals surface area contributed by atoms with Crippen molar-refractivity contribution in [2.24, 2.45) is 0 Å². The zero-order valence-corrected chi connectivity index (χ0v) is 9.46. The molecule has 1 heterocycles. The Labute approximate surface area is 90.3 Å². The number of para-hydroxylation sites is 1. The van der Waals surface area contributed by atoms with E-state index in [-0.39, 0.29) is 17.8 Å². The van der Waals surface area contributed by atoms with Gasteiger partial charge < -0.3 is 4.74 Å². The minimum atomic E-state index is 0.0612. The molecule has 0 radical (unpaired) electrons. The van der Waals surface area contributed by atoms with Crippen LogP contribution in [0.5, 0.6) is 5.75 Å². The molecule has 2 nitrogen and oxygen atoms in total. The number of fused-ring (bicyclic) bond motifs is 1. The summed E-state index contributed by atoms with van der Waals surface area (Å²) in [5.74, 6) is 1.08. The van der Waals surface area contributed by atoms with Gasteiger partial charge in [0.25, 0.3) is 0 Å². The summed E-state index contributed by atoms with van der Waals surface area (Å²) in [5.41, 5.74) is 2.28. The van der Waals surface area contributed by atoms with Gasteiger partial charge in [0.15, 0.2) is 5.78 Å². The molecule has 0 N–H and O–H groups in total. The maximum Gasteiger partial charge on any atom is 0.174 e. The molecule has 1 aliphatic rings. The zero-order valence-electron chi connectivity index (χ0n) is 9.46. The molecule has 0 amide bonds. The fourth-order valence-electron chi connectivity index (χ4n) is 1.90. The van der Waals surface area contributed by atoms with E-state index in [1.54, 1.807) is 0 Å². The van der Waals surface area contributed by atoms with E-state index in [1.165, 1.54) is 5.56 Å². The minimum absolute atomic E-state index is 0.0612. The van der Waals surface area contributed by atoms with Crippen LogP contribution in [0.25, 0.3) is 0 Å². The Morgan fingerprint density at radius 2 is 2.00 bits per heavy atom. The first kappa shape index (κ1) is 10.2. The summed E-state index contributed by atoms with van der Waals surface area (Å²) in [6.45, 7) is 6.69. The van der Waals surface area contributed by atoms with Crippen LogP contribution < -0.4 is 4.74 Å². The van der Waals surface area contributed by atoms with E-state index < -0.39 is 0 Å². The van der Waals surface area contributed by atoms with Gasteiger partial charge in [-0.3, -0.25) is 4.79 Å². The van der Waals surface area contributed by atoms with Crippen LogP contribution in [0.4, 0.5) is 0 Å². The average Bonchev–Trinajstić information content (AvgIpc) is 2.15. The normalized spacial score (nSPS) is 15.8. The fraction of sp³-hybridized carbons (Fsp3) is 0.462. The predicted molar refractivity (Wildman–Crippen MR) is 59.3 cm³/mol. The van der Waals surface area contributed by atoms with Crippen LogP contribution in [0.3, 0.4) is 0 Å². The number of hydrogen-bond donors (Lipinski definition) is 0. The van der Waals surface area contributed by atoms with Crippen LogP contribution in [-0.4, -0.2) is 12.4 Å². The van der Waals surface area contributed by atoms with Gasteiger partial charge in [0, 0.05) is 12.0 Å². The van der Waals surface area contributed by atoms with Crippen molar-refractivity contribution in [1.82, 2.24) is 0 Å².